The minimum Gasteiger partial charge on any atom is -0.550 e. The largest absolute Gasteiger partial charge is 1.00 e. The van der Waals surface area contributed by atoms with Crippen LogP contribution in [0.2, 0.25) is 0 Å². The number of alkyl halides is 6. The van der Waals surface area contributed by atoms with Crippen LogP contribution in [0.4, 0.5) is 32.0 Å². The van der Waals surface area contributed by atoms with Crippen molar-refractivity contribution >= 4 is 103 Å². The van der Waals surface area contributed by atoms with Crippen LogP contribution in [-0.4, -0.2) is 167 Å². The summed E-state index contributed by atoms with van der Waals surface area (Å²) in [6.45, 7) is 5.60. The third kappa shape index (κ3) is 25.5. The van der Waals surface area contributed by atoms with Crippen molar-refractivity contribution in [1.82, 2.24) is 38.5 Å². The maximum absolute atomic E-state index is 14.5. The molecule has 4 aromatic heterocycles. The zero-order chi connectivity index (χ0) is 82.6. The molecule has 9 aromatic rings. The van der Waals surface area contributed by atoms with E-state index in [2.05, 4.69) is 30.6 Å². The molecule has 3 N–H and O–H groups in total. The third-order valence-corrected chi connectivity index (χ3v) is 23.9. The number of aliphatic carboxylic acids is 1. The van der Waals surface area contributed by atoms with E-state index in [4.69, 9.17) is 28.8 Å². The normalized spacial score (nSPS) is 12.3. The van der Waals surface area contributed by atoms with Gasteiger partial charge in [-0.15, -0.1) is 0 Å². The monoisotopic (exact) mass is 1690 g/mol. The molecule has 2 amide bonds. The number of nitro groups is 1. The average Bonchev–Trinajstić information content (AvgIpc) is 1.62. The van der Waals surface area contributed by atoms with Gasteiger partial charge in [-0.2, -0.15) is 26.3 Å². The Hall–Kier alpha value is -9.49. The molecule has 2 atom stereocenters. The second kappa shape index (κ2) is 41.0. The fourth-order valence-corrected chi connectivity index (χ4v) is 18.4. The number of ether oxygens (including phenoxy) is 5. The van der Waals surface area contributed by atoms with Crippen molar-refractivity contribution in [3.05, 3.63) is 177 Å². The Kier molecular flexibility index (Phi) is 33.5. The van der Waals surface area contributed by atoms with E-state index in [0.717, 1.165) is 27.2 Å². The fourth-order valence-electron chi connectivity index (χ4n) is 10.5. The first-order valence-electron chi connectivity index (χ1n) is 33.6. The molecule has 9 rings (SSSR count). The van der Waals surface area contributed by atoms with Crippen molar-refractivity contribution in [2.75, 3.05) is 59.0 Å². The molecule has 30 nitrogen and oxygen atoms in total. The molecule has 42 heteroatoms. The number of fused-ring (bicyclic) bond motifs is 2. The summed E-state index contributed by atoms with van der Waals surface area (Å²) in [6, 6.07) is 27.8. The summed E-state index contributed by atoms with van der Waals surface area (Å²) < 4.78 is 215. The molecule has 0 spiro atoms. The number of para-hydroxylation sites is 4. The first kappa shape index (κ1) is 92.4. The zero-order valence-corrected chi connectivity index (χ0v) is 67.9. The summed E-state index contributed by atoms with van der Waals surface area (Å²) in [5, 5.41) is 32.9. The average molecular weight is 1690 g/mol. The van der Waals surface area contributed by atoms with Crippen LogP contribution in [0.1, 0.15) is 98.9 Å². The number of pyridine rings is 2. The van der Waals surface area contributed by atoms with Crippen LogP contribution in [0.5, 0.6) is 23.0 Å². The minimum atomic E-state index is -4.60. The minimum absolute atomic E-state index is 0. The van der Waals surface area contributed by atoms with Crippen LogP contribution >= 0.6 is 0 Å². The smallest absolute Gasteiger partial charge is 0.550 e. The number of amides is 2. The molecule has 0 saturated heterocycles. The molecule has 604 valence electrons. The second-order valence-corrected chi connectivity index (χ2v) is 33.0. The number of nitrogens with one attached hydrogen (secondary N) is 2. The number of halogens is 6. The van der Waals surface area contributed by atoms with Gasteiger partial charge in [0.1, 0.15) is 29.6 Å². The van der Waals surface area contributed by atoms with Crippen LogP contribution < -0.4 is 64.2 Å². The number of hydrogen-bond acceptors (Lipinski definition) is 25. The molecule has 113 heavy (non-hydrogen) atoms. The van der Waals surface area contributed by atoms with Crippen molar-refractivity contribution in [1.29, 1.82) is 0 Å². The van der Waals surface area contributed by atoms with E-state index >= 15 is 0 Å². The van der Waals surface area contributed by atoms with Gasteiger partial charge in [0.25, 0.3) is 37.5 Å². The predicted octanol–water partition coefficient (Wildman–Crippen LogP) is 5.54. The molecule has 0 aliphatic carbocycles. The van der Waals surface area contributed by atoms with E-state index in [-0.39, 0.29) is 173 Å². The number of imidazole rings is 2. The van der Waals surface area contributed by atoms with Gasteiger partial charge < -0.3 is 49.3 Å². The summed E-state index contributed by atoms with van der Waals surface area (Å²) in [7, 11) is -16.3. The Balaban J connectivity index is 0.000000352. The Bertz CT molecular complexity index is 5320. The first-order chi connectivity index (χ1) is 52.8. The Morgan fingerprint density at radius 2 is 1.02 bits per heavy atom. The van der Waals surface area contributed by atoms with Crippen molar-refractivity contribution in [3.63, 3.8) is 0 Å². The van der Waals surface area contributed by atoms with E-state index in [1.807, 2.05) is 0 Å². The molecule has 0 saturated carbocycles. The van der Waals surface area contributed by atoms with E-state index in [0.29, 0.717) is 11.1 Å². The van der Waals surface area contributed by atoms with Crippen LogP contribution in [0.25, 0.3) is 22.1 Å². The maximum atomic E-state index is 14.5. The summed E-state index contributed by atoms with van der Waals surface area (Å²) in [5.74, 6) is -5.02. The number of carbonyl (C=O) groups excluding carboxylic acids is 4. The van der Waals surface area contributed by atoms with Gasteiger partial charge in [-0.3, -0.25) is 42.9 Å². The summed E-state index contributed by atoms with van der Waals surface area (Å²) in [4.78, 5) is 74.1. The van der Waals surface area contributed by atoms with Gasteiger partial charge in [-0.1, -0.05) is 58.0 Å². The predicted molar refractivity (Wildman–Crippen MR) is 392 cm³/mol. The Labute approximate surface area is 671 Å². The number of hydrogen-bond donors (Lipinski definition) is 3. The van der Waals surface area contributed by atoms with E-state index in [1.54, 1.807) is 58.0 Å². The van der Waals surface area contributed by atoms with Crippen molar-refractivity contribution in [3.8, 4) is 23.0 Å². The van der Waals surface area contributed by atoms with Gasteiger partial charge in [-0.05, 0) is 135 Å². The molecule has 0 aliphatic heterocycles. The number of esters is 1. The third-order valence-electron chi connectivity index (χ3n) is 16.0. The van der Waals surface area contributed by atoms with Crippen LogP contribution in [0.3, 0.4) is 0 Å². The zero-order valence-electron chi connectivity index (χ0n) is 61.8. The number of sulfone groups is 1. The van der Waals surface area contributed by atoms with Gasteiger partial charge in [0.15, 0.2) is 36.3 Å². The number of carboxylic acid groups (broad SMARTS) is 1. The summed E-state index contributed by atoms with van der Waals surface area (Å²) >= 11 is 0. The Morgan fingerprint density at radius 1 is 0.593 bits per heavy atom. The van der Waals surface area contributed by atoms with Gasteiger partial charge in [0.05, 0.1) is 91.9 Å². The number of carbonyl (C=O) groups is 4. The summed E-state index contributed by atoms with van der Waals surface area (Å²) in [5.41, 5.74) is 1.61. The van der Waals surface area contributed by atoms with E-state index in [9.17, 15) is 94.4 Å². The van der Waals surface area contributed by atoms with Gasteiger partial charge in [0.2, 0.25) is 10.3 Å². The van der Waals surface area contributed by atoms with Crippen molar-refractivity contribution in [2.45, 2.75) is 128 Å². The number of non-ortho nitro benzene ring substituents is 1. The molecule has 2 unspecified atom stereocenters. The number of aromatic nitrogens is 6. The SMILES string of the molecule is CO.Cc1c(OCC(F)(F)F)ccnc1CS(=O)c1nc2ccccc2n1S(=O)(=O)c1ccc(OCC(=O)NCCCC(=O)OCCS(=O)(=O)c2cccc([N+](=O)[O-])c2)cc1C(C)C.Cc1c(OCC(F)(F)F)ccnc1CS(=O)c1nc2ccccc2n1S(=O)(=O)c1ccc(OCC(=O)NCCCC(=O)[O-])cc1C(C)C.[Na+]. The molecule has 0 aliphatic rings. The van der Waals surface area contributed by atoms with E-state index in [1.165, 1.54) is 105 Å². The number of aliphatic hydroxyl groups excluding tert-OH is 1. The number of nitro benzene ring substituents is 1. The number of carboxylic acids is 1. The molecule has 0 radical (unpaired) electrons. The van der Waals surface area contributed by atoms with Gasteiger partial charge >= 0.3 is 47.9 Å². The van der Waals surface area contributed by atoms with Crippen LogP contribution in [0.15, 0.2) is 159 Å². The maximum Gasteiger partial charge on any atom is 1.00 e. The van der Waals surface area contributed by atoms with Gasteiger partial charge in [-0.25, -0.2) is 43.2 Å². The molecule has 5 aromatic carbocycles. The molecular weight excluding hydrogens is 1610 g/mol. The molecule has 0 fully saturated rings. The van der Waals surface area contributed by atoms with Gasteiger partial charge in [0, 0.05) is 68.2 Å². The molecular formula is C71H76F6N9NaO21S5. The van der Waals surface area contributed by atoms with Crippen molar-refractivity contribution in [2.24, 2.45) is 0 Å². The molecule has 0 bridgehead atoms. The molecule has 4 heterocycles. The number of nitrogens with zero attached hydrogens (tertiary/aromatic N) is 7. The van der Waals surface area contributed by atoms with Crippen LogP contribution in [-0.2, 0) is 86.9 Å². The van der Waals surface area contributed by atoms with Crippen LogP contribution in [0, 0.1) is 24.0 Å². The number of aliphatic hydroxyl groups is 1. The standard InChI is InChI=1S/C39H40F3N5O12S3.C31H33F3N4O8S2.CH4O.Na/c1-25(2)30-21-28(58-22-36(48)44-16-7-12-37(49)57-18-19-61(53,54)29-9-6-8-27(20-29)47(50)51)13-14-35(30)62(55,56)46-33-11-5-4-10-31(33)45-38(46)60(52)23-32-26(3)34(15-17-43-32)59-24-39(40,41)42;1-19(2)22-15-21(45-16-28(39)36-13-6-9-29(40)41)10-11-27(22)48(43,44)38-25-8-5-4-7-23(25)37-30(38)47(42)17-24-20(3)26(12-14-35-24)46-18-31(32,33)34;1-2;/h4-6,8-11,13-15,17,20-21,25H,7,12,16,18-19,22-24H2,1-3H3,(H,44,48);4-5,7-8,10-12,14-15,19H,6,9,13,16-18H2,1-3H3,(H,36,39)(H,40,41);2H,1H3;/q;;;+1/p-1. The summed E-state index contributed by atoms with van der Waals surface area (Å²) in [6.07, 6.45) is -6.80. The Morgan fingerprint density at radius 3 is 1.42 bits per heavy atom. The second-order valence-electron chi connectivity index (χ2n) is 24.7. The topological polar surface area (TPSA) is 423 Å². The number of rotatable bonds is 35. The fraction of sp³-hybridized carbons (Fsp3) is 0.352. The first-order valence-corrected chi connectivity index (χ1v) is 40.8. The quantitative estimate of drug-likeness (QED) is 0.0110. The van der Waals surface area contributed by atoms with Crippen molar-refractivity contribution < 1.29 is 148 Å². The van der Waals surface area contributed by atoms with E-state index < -0.39 is 149 Å². The number of benzene rings is 5.